The molecule has 0 aromatic heterocycles. The van der Waals surface area contributed by atoms with Crippen LogP contribution in [0.3, 0.4) is 0 Å². The standard InChI is InChI=1S/C17H18N2O7/c1-9(20)12(16(23)26-8-10-5-3-2-4-6-10)19-13-11(21)7-18(17(24)25)14(13)15(19)22/h2-6,11-14,21H,7-8H2,1H3,(H,24,25)/t11-,12?,13+,14-/m0/s1. The lowest BCUT2D eigenvalue weighted by molar-refractivity contribution is -0.175. The molecule has 4 atom stereocenters. The number of ketones is 1. The van der Waals surface area contributed by atoms with Crippen LogP contribution in [-0.4, -0.2) is 74.5 Å². The summed E-state index contributed by atoms with van der Waals surface area (Å²) in [5.74, 6) is -2.21. The first-order chi connectivity index (χ1) is 12.3. The maximum atomic E-state index is 12.4. The van der Waals surface area contributed by atoms with Crippen LogP contribution >= 0.6 is 0 Å². The van der Waals surface area contributed by atoms with Crippen molar-refractivity contribution >= 4 is 23.8 Å². The fourth-order valence-electron chi connectivity index (χ4n) is 3.43. The first-order valence-corrected chi connectivity index (χ1v) is 8.03. The summed E-state index contributed by atoms with van der Waals surface area (Å²) in [5, 5.41) is 19.2. The molecule has 2 fully saturated rings. The third-order valence-electron chi connectivity index (χ3n) is 4.62. The van der Waals surface area contributed by atoms with Crippen molar-refractivity contribution in [1.82, 2.24) is 9.80 Å². The van der Waals surface area contributed by atoms with E-state index in [1.54, 1.807) is 30.3 Å². The number of β-amino-alcohol motifs (C(OH)–C–C–N with tert-alkyl or cyclic N) is 1. The van der Waals surface area contributed by atoms with Gasteiger partial charge >= 0.3 is 12.1 Å². The molecule has 2 heterocycles. The number of nitrogens with zero attached hydrogens (tertiary/aromatic N) is 2. The summed E-state index contributed by atoms with van der Waals surface area (Å²) in [6.07, 6.45) is -2.51. The van der Waals surface area contributed by atoms with Crippen LogP contribution in [0.2, 0.25) is 0 Å². The molecule has 1 unspecified atom stereocenters. The largest absolute Gasteiger partial charge is 0.465 e. The number of hydrogen-bond acceptors (Lipinski definition) is 6. The second-order valence-corrected chi connectivity index (χ2v) is 6.29. The third kappa shape index (κ3) is 2.90. The molecular weight excluding hydrogens is 344 g/mol. The first-order valence-electron chi connectivity index (χ1n) is 8.03. The number of β-lactam (4-membered cyclic amide) rings is 1. The number of likely N-dealkylation sites (tertiary alicyclic amines) is 2. The summed E-state index contributed by atoms with van der Waals surface area (Å²) in [6, 6.07) is 5.31. The van der Waals surface area contributed by atoms with Gasteiger partial charge in [-0.2, -0.15) is 0 Å². The van der Waals surface area contributed by atoms with E-state index < -0.39 is 48.0 Å². The highest BCUT2D eigenvalue weighted by Gasteiger charge is 2.63. The highest BCUT2D eigenvalue weighted by atomic mass is 16.5. The van der Waals surface area contributed by atoms with Crippen LogP contribution < -0.4 is 0 Å². The number of aliphatic hydroxyl groups excluding tert-OH is 1. The Morgan fingerprint density at radius 2 is 1.92 bits per heavy atom. The van der Waals surface area contributed by atoms with Gasteiger partial charge in [-0.1, -0.05) is 30.3 Å². The number of carbonyl (C=O) groups is 4. The Balaban J connectivity index is 1.74. The van der Waals surface area contributed by atoms with Crippen LogP contribution in [0.1, 0.15) is 12.5 Å². The zero-order chi connectivity index (χ0) is 19.0. The number of rotatable bonds is 5. The van der Waals surface area contributed by atoms with Crippen molar-refractivity contribution < 1.29 is 34.1 Å². The summed E-state index contributed by atoms with van der Waals surface area (Å²) < 4.78 is 5.15. The number of hydrogen-bond donors (Lipinski definition) is 2. The molecule has 1 aromatic carbocycles. The van der Waals surface area contributed by atoms with Gasteiger partial charge in [0.05, 0.1) is 18.7 Å². The Morgan fingerprint density at radius 1 is 1.27 bits per heavy atom. The Bertz CT molecular complexity index is 751. The van der Waals surface area contributed by atoms with Gasteiger partial charge in [-0.15, -0.1) is 0 Å². The van der Waals surface area contributed by atoms with Crippen molar-refractivity contribution in [2.75, 3.05) is 6.54 Å². The fourth-order valence-corrected chi connectivity index (χ4v) is 3.43. The van der Waals surface area contributed by atoms with Crippen molar-refractivity contribution in [3.8, 4) is 0 Å². The molecule has 9 nitrogen and oxygen atoms in total. The Kier molecular flexibility index (Phi) is 4.64. The monoisotopic (exact) mass is 362 g/mol. The molecule has 9 heteroatoms. The molecule has 1 aromatic rings. The number of amides is 2. The molecular formula is C17H18N2O7. The van der Waals surface area contributed by atoms with E-state index in [2.05, 4.69) is 0 Å². The Morgan fingerprint density at radius 3 is 2.50 bits per heavy atom. The lowest BCUT2D eigenvalue weighted by Gasteiger charge is -2.47. The normalized spacial score (nSPS) is 25.3. The maximum Gasteiger partial charge on any atom is 0.408 e. The number of carbonyl (C=O) groups excluding carboxylic acids is 3. The summed E-state index contributed by atoms with van der Waals surface area (Å²) >= 11 is 0. The van der Waals surface area contributed by atoms with Crippen molar-refractivity contribution in [3.63, 3.8) is 0 Å². The molecule has 2 aliphatic rings. The van der Waals surface area contributed by atoms with Crippen molar-refractivity contribution in [1.29, 1.82) is 0 Å². The smallest absolute Gasteiger partial charge is 0.408 e. The molecule has 0 saturated carbocycles. The van der Waals surface area contributed by atoms with Crippen molar-refractivity contribution in [3.05, 3.63) is 35.9 Å². The maximum absolute atomic E-state index is 12.4. The molecule has 0 bridgehead atoms. The lowest BCUT2D eigenvalue weighted by atomic mass is 9.90. The molecule has 0 aliphatic carbocycles. The second kappa shape index (κ2) is 6.75. The summed E-state index contributed by atoms with van der Waals surface area (Å²) in [4.78, 5) is 49.7. The topological polar surface area (TPSA) is 124 Å². The molecule has 3 rings (SSSR count). The molecule has 2 amide bonds. The van der Waals surface area contributed by atoms with Gasteiger partial charge in [-0.3, -0.25) is 14.5 Å². The molecule has 0 spiro atoms. The van der Waals surface area contributed by atoms with Crippen LogP contribution in [0.25, 0.3) is 0 Å². The quantitative estimate of drug-likeness (QED) is 0.416. The van der Waals surface area contributed by atoms with E-state index in [1.807, 2.05) is 0 Å². The van der Waals surface area contributed by atoms with E-state index in [1.165, 1.54) is 0 Å². The first kappa shape index (κ1) is 17.9. The number of benzene rings is 1. The molecule has 2 saturated heterocycles. The van der Waals surface area contributed by atoms with E-state index in [0.717, 1.165) is 16.7 Å². The molecule has 2 aliphatic heterocycles. The summed E-state index contributed by atoms with van der Waals surface area (Å²) in [5.41, 5.74) is 0.717. The number of Topliss-reactive ketones (excluding diaryl/α,β-unsaturated/α-hetero) is 1. The zero-order valence-electron chi connectivity index (χ0n) is 13.9. The van der Waals surface area contributed by atoms with Gasteiger partial charge in [0.15, 0.2) is 11.8 Å². The van der Waals surface area contributed by atoms with Gasteiger partial charge in [-0.25, -0.2) is 9.59 Å². The van der Waals surface area contributed by atoms with Gasteiger partial charge < -0.3 is 19.8 Å². The van der Waals surface area contributed by atoms with E-state index >= 15 is 0 Å². The van der Waals surface area contributed by atoms with Crippen LogP contribution in [0.4, 0.5) is 4.79 Å². The molecule has 26 heavy (non-hydrogen) atoms. The van der Waals surface area contributed by atoms with Gasteiger partial charge in [-0.05, 0) is 12.5 Å². The van der Waals surface area contributed by atoms with Crippen molar-refractivity contribution in [2.24, 2.45) is 0 Å². The number of aliphatic hydroxyl groups is 1. The minimum absolute atomic E-state index is 0.0661. The van der Waals surface area contributed by atoms with Gasteiger partial charge in [0.2, 0.25) is 5.91 Å². The number of ether oxygens (including phenoxy) is 1. The average molecular weight is 362 g/mol. The second-order valence-electron chi connectivity index (χ2n) is 6.29. The summed E-state index contributed by atoms with van der Waals surface area (Å²) in [6.45, 7) is 0.825. The van der Waals surface area contributed by atoms with Crippen LogP contribution in [0, 0.1) is 0 Å². The highest BCUT2D eigenvalue weighted by Crippen LogP contribution is 2.36. The highest BCUT2D eigenvalue weighted by molar-refractivity contribution is 6.08. The zero-order valence-corrected chi connectivity index (χ0v) is 13.9. The van der Waals surface area contributed by atoms with E-state index in [0.29, 0.717) is 5.56 Å². The van der Waals surface area contributed by atoms with Gasteiger partial charge in [0, 0.05) is 0 Å². The van der Waals surface area contributed by atoms with Crippen LogP contribution in [0.15, 0.2) is 30.3 Å². The molecule has 2 N–H and O–H groups in total. The predicted octanol–water partition coefficient (Wildman–Crippen LogP) is -0.379. The average Bonchev–Trinajstić information content (AvgIpc) is 2.91. The van der Waals surface area contributed by atoms with Crippen molar-refractivity contribution in [2.45, 2.75) is 37.8 Å². The molecule has 138 valence electrons. The third-order valence-corrected chi connectivity index (χ3v) is 4.62. The summed E-state index contributed by atoms with van der Waals surface area (Å²) in [7, 11) is 0. The number of fused-ring (bicyclic) bond motifs is 1. The minimum Gasteiger partial charge on any atom is -0.465 e. The Hall–Kier alpha value is -2.94. The lowest BCUT2D eigenvalue weighted by Crippen LogP contribution is -2.73. The minimum atomic E-state index is -1.50. The van der Waals surface area contributed by atoms with E-state index in [-0.39, 0.29) is 13.2 Å². The SMILES string of the molecule is CC(=O)C(C(=O)OCc1ccccc1)N1C(=O)[C@@H]2[C@H]1[C@@H](O)CN2C(=O)O. The van der Waals surface area contributed by atoms with Gasteiger partial charge in [0.25, 0.3) is 0 Å². The van der Waals surface area contributed by atoms with Crippen LogP contribution in [0.5, 0.6) is 0 Å². The number of carboxylic acid groups (broad SMARTS) is 1. The predicted molar refractivity (Wildman–Crippen MR) is 85.9 cm³/mol. The Labute approximate surface area is 148 Å². The van der Waals surface area contributed by atoms with Gasteiger partial charge in [0.1, 0.15) is 12.6 Å². The molecule has 0 radical (unpaired) electrons. The van der Waals surface area contributed by atoms with E-state index in [9.17, 15) is 24.3 Å². The van der Waals surface area contributed by atoms with E-state index in [4.69, 9.17) is 9.84 Å². The number of esters is 1. The fraction of sp³-hybridized carbons (Fsp3) is 0.412. The van der Waals surface area contributed by atoms with Crippen LogP contribution in [-0.2, 0) is 25.7 Å².